The zero-order valence-corrected chi connectivity index (χ0v) is 12.8. The van der Waals surface area contributed by atoms with Crippen molar-refractivity contribution in [2.45, 2.75) is 52.1 Å². The summed E-state index contributed by atoms with van der Waals surface area (Å²) >= 11 is 0. The minimum atomic E-state index is -0.833. The zero-order valence-electron chi connectivity index (χ0n) is 12.8. The molecule has 0 aliphatic heterocycles. The molecule has 4 heteroatoms. The smallest absolute Gasteiger partial charge is 0.300 e. The number of halogens is 1. The van der Waals surface area contributed by atoms with Crippen LogP contribution in [-0.4, -0.2) is 16.2 Å². The quantitative estimate of drug-likeness (QED) is 0.877. The molecular formula is C17H25FO3. The Hall–Kier alpha value is -1.42. The summed E-state index contributed by atoms with van der Waals surface area (Å²) < 4.78 is 13.1. The highest BCUT2D eigenvalue weighted by atomic mass is 19.1. The molecule has 0 unspecified atom stereocenters. The standard InChI is InChI=1S/C15H21FO.C2H4O2/c1-2-4-11-7-8-13(9-11)15(17)12-5-3-6-14(16)10-12;1-2(3)4/h3,5-6,10-11,13,15,17H,2,4,7-9H2,1H3;1H3,(H,3,4)/t11-,13+,15-;/m1./s1. The topological polar surface area (TPSA) is 57.5 Å². The van der Waals surface area contributed by atoms with Crippen molar-refractivity contribution in [2.75, 3.05) is 0 Å². The summed E-state index contributed by atoms with van der Waals surface area (Å²) in [5.41, 5.74) is 0.729. The fraction of sp³-hybridized carbons (Fsp3) is 0.588. The van der Waals surface area contributed by atoms with Gasteiger partial charge in [0.2, 0.25) is 0 Å². The van der Waals surface area contributed by atoms with E-state index in [1.54, 1.807) is 6.07 Å². The van der Waals surface area contributed by atoms with Gasteiger partial charge in [0.1, 0.15) is 5.82 Å². The van der Waals surface area contributed by atoms with Crippen molar-refractivity contribution in [1.29, 1.82) is 0 Å². The minimum absolute atomic E-state index is 0.260. The first-order chi connectivity index (χ1) is 9.93. The summed E-state index contributed by atoms with van der Waals surface area (Å²) in [6, 6.07) is 6.37. The fourth-order valence-electron chi connectivity index (χ4n) is 3.03. The van der Waals surface area contributed by atoms with E-state index in [9.17, 15) is 9.50 Å². The Morgan fingerprint density at radius 1 is 1.43 bits per heavy atom. The average molecular weight is 296 g/mol. The predicted molar refractivity (Wildman–Crippen MR) is 80.4 cm³/mol. The van der Waals surface area contributed by atoms with Crippen molar-refractivity contribution in [3.05, 3.63) is 35.6 Å². The van der Waals surface area contributed by atoms with E-state index in [0.717, 1.165) is 31.2 Å². The van der Waals surface area contributed by atoms with Gasteiger partial charge in [0.05, 0.1) is 6.10 Å². The molecule has 1 aliphatic rings. The lowest BCUT2D eigenvalue weighted by molar-refractivity contribution is -0.134. The molecule has 3 nitrogen and oxygen atoms in total. The number of carbonyl (C=O) groups is 1. The monoisotopic (exact) mass is 296 g/mol. The van der Waals surface area contributed by atoms with Crippen LogP contribution in [0.1, 0.15) is 57.6 Å². The maximum Gasteiger partial charge on any atom is 0.300 e. The number of carboxylic acids is 1. The van der Waals surface area contributed by atoms with E-state index in [2.05, 4.69) is 6.92 Å². The van der Waals surface area contributed by atoms with Crippen LogP contribution in [0.25, 0.3) is 0 Å². The van der Waals surface area contributed by atoms with Crippen LogP contribution in [0.4, 0.5) is 4.39 Å². The molecule has 1 aromatic rings. The van der Waals surface area contributed by atoms with Gasteiger partial charge in [-0.3, -0.25) is 4.79 Å². The van der Waals surface area contributed by atoms with E-state index in [0.29, 0.717) is 5.92 Å². The number of aliphatic hydroxyl groups is 1. The van der Waals surface area contributed by atoms with Gasteiger partial charge in [-0.1, -0.05) is 38.3 Å². The molecule has 1 saturated carbocycles. The molecule has 0 aromatic heterocycles. The van der Waals surface area contributed by atoms with E-state index in [1.807, 2.05) is 6.07 Å². The summed E-state index contributed by atoms with van der Waals surface area (Å²) in [7, 11) is 0. The van der Waals surface area contributed by atoms with Crippen LogP contribution in [0.3, 0.4) is 0 Å². The molecule has 21 heavy (non-hydrogen) atoms. The lowest BCUT2D eigenvalue weighted by Gasteiger charge is -2.18. The zero-order chi connectivity index (χ0) is 15.8. The van der Waals surface area contributed by atoms with Crippen LogP contribution >= 0.6 is 0 Å². The second-order valence-electron chi connectivity index (χ2n) is 5.75. The summed E-state index contributed by atoms with van der Waals surface area (Å²) in [6.45, 7) is 3.29. The van der Waals surface area contributed by atoms with Crippen molar-refractivity contribution in [3.63, 3.8) is 0 Å². The van der Waals surface area contributed by atoms with Crippen molar-refractivity contribution in [2.24, 2.45) is 11.8 Å². The minimum Gasteiger partial charge on any atom is -0.481 e. The predicted octanol–water partition coefficient (Wildman–Crippen LogP) is 4.17. The number of benzene rings is 1. The Balaban J connectivity index is 0.000000491. The van der Waals surface area contributed by atoms with Crippen molar-refractivity contribution < 1.29 is 19.4 Å². The van der Waals surface area contributed by atoms with Gasteiger partial charge in [0, 0.05) is 6.92 Å². The molecule has 1 aromatic carbocycles. The first kappa shape index (κ1) is 17.6. The Morgan fingerprint density at radius 3 is 2.67 bits per heavy atom. The van der Waals surface area contributed by atoms with Crippen molar-refractivity contribution in [1.82, 2.24) is 0 Å². The molecule has 1 aliphatic carbocycles. The van der Waals surface area contributed by atoms with Gasteiger partial charge >= 0.3 is 0 Å². The van der Waals surface area contributed by atoms with Crippen molar-refractivity contribution >= 4 is 5.97 Å². The molecule has 0 radical (unpaired) electrons. The van der Waals surface area contributed by atoms with Crippen LogP contribution in [0.15, 0.2) is 24.3 Å². The molecule has 0 saturated heterocycles. The fourth-order valence-corrected chi connectivity index (χ4v) is 3.03. The van der Waals surface area contributed by atoms with Gasteiger partial charge in [-0.15, -0.1) is 0 Å². The van der Waals surface area contributed by atoms with E-state index < -0.39 is 12.1 Å². The van der Waals surface area contributed by atoms with Crippen LogP contribution in [0.2, 0.25) is 0 Å². The third kappa shape index (κ3) is 6.25. The van der Waals surface area contributed by atoms with E-state index in [1.165, 1.54) is 31.4 Å². The Bertz CT molecular complexity index is 443. The summed E-state index contributed by atoms with van der Waals surface area (Å²) in [5, 5.41) is 17.7. The van der Waals surface area contributed by atoms with Crippen LogP contribution in [-0.2, 0) is 4.79 Å². The first-order valence-electron chi connectivity index (χ1n) is 7.57. The largest absolute Gasteiger partial charge is 0.481 e. The number of hydrogen-bond donors (Lipinski definition) is 2. The van der Waals surface area contributed by atoms with Crippen LogP contribution in [0.5, 0.6) is 0 Å². The normalized spacial score (nSPS) is 22.3. The van der Waals surface area contributed by atoms with E-state index in [-0.39, 0.29) is 5.82 Å². The van der Waals surface area contributed by atoms with Gasteiger partial charge in [-0.2, -0.15) is 0 Å². The van der Waals surface area contributed by atoms with Gasteiger partial charge in [-0.05, 0) is 42.4 Å². The maximum atomic E-state index is 13.1. The molecule has 0 spiro atoms. The number of aliphatic hydroxyl groups excluding tert-OH is 1. The van der Waals surface area contributed by atoms with Crippen molar-refractivity contribution in [3.8, 4) is 0 Å². The molecule has 1 fully saturated rings. The summed E-state index contributed by atoms with van der Waals surface area (Å²) in [6.07, 6.45) is 5.35. The van der Waals surface area contributed by atoms with Gasteiger partial charge in [-0.25, -0.2) is 4.39 Å². The average Bonchev–Trinajstić information content (AvgIpc) is 2.86. The molecule has 0 amide bonds. The summed E-state index contributed by atoms with van der Waals surface area (Å²) in [4.78, 5) is 9.00. The second kappa shape index (κ2) is 8.78. The molecular weight excluding hydrogens is 271 g/mol. The number of hydrogen-bond acceptors (Lipinski definition) is 2. The van der Waals surface area contributed by atoms with E-state index >= 15 is 0 Å². The molecule has 3 atom stereocenters. The Morgan fingerprint density at radius 2 is 2.10 bits per heavy atom. The maximum absolute atomic E-state index is 13.1. The number of rotatable bonds is 4. The SMILES string of the molecule is CC(=O)O.CCC[C@@H]1CC[C@H]([C@H](O)c2cccc(F)c2)C1. The lowest BCUT2D eigenvalue weighted by atomic mass is 9.92. The highest BCUT2D eigenvalue weighted by Gasteiger charge is 2.30. The van der Waals surface area contributed by atoms with E-state index in [4.69, 9.17) is 9.90 Å². The van der Waals surface area contributed by atoms with Gasteiger partial charge in [0.25, 0.3) is 5.97 Å². The molecule has 2 rings (SSSR count). The summed E-state index contributed by atoms with van der Waals surface area (Å²) in [5.74, 6) is -0.0220. The van der Waals surface area contributed by atoms with Crippen LogP contribution < -0.4 is 0 Å². The Kier molecular flexibility index (Phi) is 7.37. The van der Waals surface area contributed by atoms with Gasteiger partial charge < -0.3 is 10.2 Å². The molecule has 0 bridgehead atoms. The second-order valence-corrected chi connectivity index (χ2v) is 5.75. The third-order valence-electron chi connectivity index (χ3n) is 3.92. The van der Waals surface area contributed by atoms with Gasteiger partial charge in [0.15, 0.2) is 0 Å². The number of carboxylic acid groups (broad SMARTS) is 1. The number of aliphatic carboxylic acids is 1. The lowest BCUT2D eigenvalue weighted by Crippen LogP contribution is -2.10. The molecule has 118 valence electrons. The Labute approximate surface area is 125 Å². The molecule has 0 heterocycles. The first-order valence-corrected chi connectivity index (χ1v) is 7.57. The molecule has 2 N–H and O–H groups in total. The third-order valence-corrected chi connectivity index (χ3v) is 3.92. The van der Waals surface area contributed by atoms with Crippen LogP contribution in [0, 0.1) is 17.7 Å². The highest BCUT2D eigenvalue weighted by molar-refractivity contribution is 5.62. The highest BCUT2D eigenvalue weighted by Crippen LogP contribution is 2.40.